The Labute approximate surface area is 119 Å². The lowest BCUT2D eigenvalue weighted by molar-refractivity contribution is 0.134. The average Bonchev–Trinajstić information content (AvgIpc) is 2.39. The number of hydrogen-bond acceptors (Lipinski definition) is 2. The van der Waals surface area contributed by atoms with Gasteiger partial charge in [-0.15, -0.1) is 11.6 Å². The highest BCUT2D eigenvalue weighted by Crippen LogP contribution is 2.19. The first-order chi connectivity index (χ1) is 8.72. The van der Waals surface area contributed by atoms with Crippen LogP contribution in [0.2, 0.25) is 0 Å². The van der Waals surface area contributed by atoms with Crippen molar-refractivity contribution in [3.05, 3.63) is 0 Å². The molecule has 0 aromatic heterocycles. The monoisotopic (exact) mass is 274 g/mol. The van der Waals surface area contributed by atoms with Crippen molar-refractivity contribution in [3.8, 4) is 0 Å². The fraction of sp³-hybridized carbons (Fsp3) is 1.00. The molecule has 1 fully saturated rings. The van der Waals surface area contributed by atoms with Gasteiger partial charge in [-0.25, -0.2) is 0 Å². The Morgan fingerprint density at radius 1 is 1.22 bits per heavy atom. The largest absolute Gasteiger partial charge is 0.303 e. The minimum atomic E-state index is 0.720. The van der Waals surface area contributed by atoms with Crippen LogP contribution < -0.4 is 0 Å². The van der Waals surface area contributed by atoms with E-state index < -0.39 is 0 Å². The van der Waals surface area contributed by atoms with Crippen LogP contribution in [0, 0.1) is 0 Å². The van der Waals surface area contributed by atoms with Crippen molar-refractivity contribution in [2.45, 2.75) is 64.5 Å². The molecular formula is C15H31ClN2. The molecule has 1 rings (SSSR count). The molecule has 0 saturated carbocycles. The van der Waals surface area contributed by atoms with E-state index in [4.69, 9.17) is 11.6 Å². The van der Waals surface area contributed by atoms with Crippen LogP contribution in [-0.4, -0.2) is 54.4 Å². The Balaban J connectivity index is 2.40. The van der Waals surface area contributed by atoms with Crippen molar-refractivity contribution >= 4 is 11.6 Å². The van der Waals surface area contributed by atoms with Crippen molar-refractivity contribution < 1.29 is 0 Å². The minimum Gasteiger partial charge on any atom is -0.303 e. The Morgan fingerprint density at radius 3 is 2.50 bits per heavy atom. The zero-order chi connectivity index (χ0) is 13.4. The molecule has 1 aliphatic rings. The third-order valence-corrected chi connectivity index (χ3v) is 4.67. The smallest absolute Gasteiger partial charge is 0.0351 e. The predicted molar refractivity (Wildman–Crippen MR) is 81.5 cm³/mol. The van der Waals surface area contributed by atoms with E-state index in [0.29, 0.717) is 0 Å². The highest BCUT2D eigenvalue weighted by Gasteiger charge is 2.21. The first-order valence-corrected chi connectivity index (χ1v) is 8.26. The van der Waals surface area contributed by atoms with Gasteiger partial charge in [0.1, 0.15) is 0 Å². The summed E-state index contributed by atoms with van der Waals surface area (Å²) in [5, 5.41) is 0. The number of piperidine rings is 1. The molecule has 0 bridgehead atoms. The summed E-state index contributed by atoms with van der Waals surface area (Å²) in [6.07, 6.45) is 7.97. The molecule has 108 valence electrons. The van der Waals surface area contributed by atoms with Gasteiger partial charge >= 0.3 is 0 Å². The summed E-state index contributed by atoms with van der Waals surface area (Å²) in [4.78, 5) is 5.16. The van der Waals surface area contributed by atoms with Gasteiger partial charge in [0.15, 0.2) is 0 Å². The number of hydrogen-bond donors (Lipinski definition) is 0. The lowest BCUT2D eigenvalue weighted by atomic mass is 9.99. The molecule has 18 heavy (non-hydrogen) atoms. The summed E-state index contributed by atoms with van der Waals surface area (Å²) in [6.45, 7) is 8.13. The van der Waals surface area contributed by atoms with E-state index in [9.17, 15) is 0 Å². The van der Waals surface area contributed by atoms with Crippen LogP contribution >= 0.6 is 11.6 Å². The van der Waals surface area contributed by atoms with Crippen molar-refractivity contribution in [1.82, 2.24) is 9.80 Å². The first-order valence-electron chi connectivity index (χ1n) is 7.73. The normalized spacial score (nSPS) is 22.0. The number of alkyl halides is 1. The van der Waals surface area contributed by atoms with Crippen LogP contribution in [-0.2, 0) is 0 Å². The molecule has 2 nitrogen and oxygen atoms in total. The molecule has 1 atom stereocenters. The van der Waals surface area contributed by atoms with E-state index in [0.717, 1.165) is 24.5 Å². The molecule has 0 aromatic carbocycles. The predicted octanol–water partition coefficient (Wildman–Crippen LogP) is 3.59. The molecule has 3 heteroatoms. The summed E-state index contributed by atoms with van der Waals surface area (Å²) in [6, 6.07) is 1.52. The van der Waals surface area contributed by atoms with Gasteiger partial charge in [0, 0.05) is 24.5 Å². The van der Waals surface area contributed by atoms with Gasteiger partial charge in [-0.3, -0.25) is 4.90 Å². The van der Waals surface area contributed by atoms with Crippen LogP contribution in [0.5, 0.6) is 0 Å². The van der Waals surface area contributed by atoms with Crippen molar-refractivity contribution in [2.24, 2.45) is 0 Å². The maximum Gasteiger partial charge on any atom is 0.0351 e. The van der Waals surface area contributed by atoms with Gasteiger partial charge < -0.3 is 4.90 Å². The van der Waals surface area contributed by atoms with Gasteiger partial charge in [0.05, 0.1) is 0 Å². The quantitative estimate of drug-likeness (QED) is 0.624. The average molecular weight is 275 g/mol. The van der Waals surface area contributed by atoms with E-state index >= 15 is 0 Å². The molecule has 1 unspecified atom stereocenters. The standard InChI is InChI=1S/C15H31ClN2/c1-4-14(5-2)18(13-10-16)12-9-15-8-6-7-11-17(15)3/h14-15H,4-13H2,1-3H3. The van der Waals surface area contributed by atoms with Gasteiger partial charge in [-0.05, 0) is 52.2 Å². The minimum absolute atomic E-state index is 0.720. The van der Waals surface area contributed by atoms with Crippen molar-refractivity contribution in [2.75, 3.05) is 32.6 Å². The van der Waals surface area contributed by atoms with Gasteiger partial charge in [-0.2, -0.15) is 0 Å². The number of rotatable bonds is 8. The van der Waals surface area contributed by atoms with E-state index in [1.807, 2.05) is 0 Å². The summed E-state index contributed by atoms with van der Waals surface area (Å²) in [7, 11) is 2.28. The Kier molecular flexibility index (Phi) is 8.28. The third-order valence-electron chi connectivity index (χ3n) is 4.50. The summed E-state index contributed by atoms with van der Waals surface area (Å²) < 4.78 is 0. The van der Waals surface area contributed by atoms with Gasteiger partial charge in [0.25, 0.3) is 0 Å². The molecule has 0 aromatic rings. The molecule has 0 spiro atoms. The van der Waals surface area contributed by atoms with Crippen molar-refractivity contribution in [3.63, 3.8) is 0 Å². The SMILES string of the molecule is CCC(CC)N(CCCl)CCC1CCCCN1C. The van der Waals surface area contributed by atoms with E-state index in [1.54, 1.807) is 0 Å². The Hall–Kier alpha value is 0.210. The molecule has 0 aliphatic carbocycles. The van der Waals surface area contributed by atoms with E-state index in [2.05, 4.69) is 30.7 Å². The van der Waals surface area contributed by atoms with Crippen molar-refractivity contribution in [1.29, 1.82) is 0 Å². The summed E-state index contributed by atoms with van der Waals surface area (Å²) >= 11 is 5.95. The van der Waals surface area contributed by atoms with Crippen LogP contribution in [0.25, 0.3) is 0 Å². The third kappa shape index (κ3) is 5.07. The molecule has 1 aliphatic heterocycles. The molecular weight excluding hydrogens is 244 g/mol. The second-order valence-corrected chi connectivity index (χ2v) is 5.99. The fourth-order valence-corrected chi connectivity index (χ4v) is 3.43. The van der Waals surface area contributed by atoms with Crippen LogP contribution in [0.4, 0.5) is 0 Å². The van der Waals surface area contributed by atoms with Crippen LogP contribution in [0.3, 0.4) is 0 Å². The van der Waals surface area contributed by atoms with Gasteiger partial charge in [0.2, 0.25) is 0 Å². The molecule has 1 heterocycles. The lowest BCUT2D eigenvalue weighted by Gasteiger charge is -2.36. The van der Waals surface area contributed by atoms with Gasteiger partial charge in [-0.1, -0.05) is 20.3 Å². The Morgan fingerprint density at radius 2 is 1.94 bits per heavy atom. The maximum atomic E-state index is 5.95. The molecule has 0 N–H and O–H groups in total. The first kappa shape index (κ1) is 16.3. The molecule has 1 saturated heterocycles. The van der Waals surface area contributed by atoms with E-state index in [1.165, 1.54) is 51.6 Å². The van der Waals surface area contributed by atoms with E-state index in [-0.39, 0.29) is 0 Å². The topological polar surface area (TPSA) is 6.48 Å². The highest BCUT2D eigenvalue weighted by atomic mass is 35.5. The fourth-order valence-electron chi connectivity index (χ4n) is 3.21. The lowest BCUT2D eigenvalue weighted by Crippen LogP contribution is -2.42. The highest BCUT2D eigenvalue weighted by molar-refractivity contribution is 6.18. The Bertz CT molecular complexity index is 207. The number of halogens is 1. The maximum absolute atomic E-state index is 5.95. The number of likely N-dealkylation sites (tertiary alicyclic amines) is 1. The second-order valence-electron chi connectivity index (χ2n) is 5.61. The second kappa shape index (κ2) is 9.17. The summed E-state index contributed by atoms with van der Waals surface area (Å²) in [5.41, 5.74) is 0. The molecule has 0 amide bonds. The number of nitrogens with zero attached hydrogens (tertiary/aromatic N) is 2. The van der Waals surface area contributed by atoms with Crippen LogP contribution in [0.1, 0.15) is 52.4 Å². The summed E-state index contributed by atoms with van der Waals surface area (Å²) in [5.74, 6) is 0.761. The molecule has 0 radical (unpaired) electrons. The zero-order valence-electron chi connectivity index (χ0n) is 12.5. The van der Waals surface area contributed by atoms with Crippen LogP contribution in [0.15, 0.2) is 0 Å². The zero-order valence-corrected chi connectivity index (χ0v) is 13.3.